The maximum atomic E-state index is 11.9. The number of nitrogens with two attached hydrogens (primary N) is 1. The maximum Gasteiger partial charge on any atom is 0.239 e. The zero-order chi connectivity index (χ0) is 13.3. The molecule has 18 heavy (non-hydrogen) atoms. The number of nitrogens with one attached hydrogen (secondary N) is 1. The third-order valence-electron chi connectivity index (χ3n) is 5.00. The summed E-state index contributed by atoms with van der Waals surface area (Å²) in [5.74, 6) is 0.631. The first-order valence-electron chi connectivity index (χ1n) is 7.23. The Morgan fingerprint density at radius 3 is 2.44 bits per heavy atom. The highest BCUT2D eigenvalue weighted by Gasteiger charge is 2.38. The molecule has 0 aromatic carbocycles. The van der Waals surface area contributed by atoms with Gasteiger partial charge in [-0.2, -0.15) is 0 Å². The predicted molar refractivity (Wildman–Crippen MR) is 73.2 cm³/mol. The molecule has 0 aromatic heterocycles. The summed E-state index contributed by atoms with van der Waals surface area (Å²) in [4.78, 5) is 14.5. The second kappa shape index (κ2) is 5.17. The molecule has 2 saturated heterocycles. The molecule has 3 unspecified atom stereocenters. The Labute approximate surface area is 110 Å². The molecule has 0 aliphatic carbocycles. The van der Waals surface area contributed by atoms with Crippen LogP contribution in [0.3, 0.4) is 0 Å². The third kappa shape index (κ3) is 2.69. The Kier molecular flexibility index (Phi) is 3.97. The van der Waals surface area contributed by atoms with Gasteiger partial charge in [0.1, 0.15) is 0 Å². The van der Waals surface area contributed by atoms with Gasteiger partial charge in [-0.15, -0.1) is 0 Å². The minimum Gasteiger partial charge on any atom is -0.354 e. The van der Waals surface area contributed by atoms with Crippen LogP contribution in [0.15, 0.2) is 0 Å². The highest BCUT2D eigenvalue weighted by Crippen LogP contribution is 2.37. The van der Waals surface area contributed by atoms with Gasteiger partial charge in [-0.1, -0.05) is 6.92 Å². The summed E-state index contributed by atoms with van der Waals surface area (Å²) in [5.41, 5.74) is 5.23. The zero-order valence-corrected chi connectivity index (χ0v) is 11.9. The molecule has 3 atom stereocenters. The van der Waals surface area contributed by atoms with E-state index in [9.17, 15) is 4.79 Å². The molecule has 0 saturated carbocycles. The average Bonchev–Trinajstić information content (AvgIpc) is 2.57. The van der Waals surface area contributed by atoms with E-state index in [2.05, 4.69) is 17.3 Å². The van der Waals surface area contributed by atoms with Gasteiger partial charge < -0.3 is 16.0 Å². The molecule has 0 aromatic rings. The number of hydrogen-bond donors (Lipinski definition) is 2. The molecule has 2 aliphatic heterocycles. The largest absolute Gasteiger partial charge is 0.354 e. The summed E-state index contributed by atoms with van der Waals surface area (Å²) in [6.07, 6.45) is 5.78. The third-order valence-corrected chi connectivity index (χ3v) is 5.00. The van der Waals surface area contributed by atoms with Gasteiger partial charge in [0.15, 0.2) is 0 Å². The van der Waals surface area contributed by atoms with Crippen molar-refractivity contribution in [2.24, 2.45) is 11.7 Å². The van der Waals surface area contributed by atoms with Gasteiger partial charge in [-0.3, -0.25) is 4.79 Å². The van der Waals surface area contributed by atoms with Crippen LogP contribution in [0, 0.1) is 5.92 Å². The van der Waals surface area contributed by atoms with Crippen molar-refractivity contribution in [3.8, 4) is 0 Å². The SMILES string of the molecule is CCC(C)(N)C(=O)NCC1CC2CCC(C1)N2C. The van der Waals surface area contributed by atoms with Crippen molar-refractivity contribution in [2.45, 2.75) is 63.6 Å². The molecule has 0 radical (unpaired) electrons. The first-order chi connectivity index (χ1) is 8.44. The standard InChI is InChI=1S/C14H27N3O/c1-4-14(2,15)13(18)16-9-10-7-11-5-6-12(8-10)17(11)3/h10-12H,4-9,15H2,1-3H3,(H,16,18). The smallest absolute Gasteiger partial charge is 0.239 e. The van der Waals surface area contributed by atoms with E-state index in [4.69, 9.17) is 5.73 Å². The Balaban J connectivity index is 1.80. The first-order valence-corrected chi connectivity index (χ1v) is 7.23. The Bertz CT molecular complexity index is 302. The molecular weight excluding hydrogens is 226 g/mol. The second-order valence-corrected chi connectivity index (χ2v) is 6.37. The van der Waals surface area contributed by atoms with Crippen LogP contribution in [-0.4, -0.2) is 42.0 Å². The highest BCUT2D eigenvalue weighted by atomic mass is 16.2. The number of amides is 1. The fraction of sp³-hybridized carbons (Fsp3) is 0.929. The van der Waals surface area contributed by atoms with Crippen LogP contribution in [-0.2, 0) is 4.79 Å². The number of rotatable bonds is 4. The van der Waals surface area contributed by atoms with Gasteiger partial charge in [-0.25, -0.2) is 0 Å². The Morgan fingerprint density at radius 1 is 1.39 bits per heavy atom. The van der Waals surface area contributed by atoms with Crippen LogP contribution in [0.5, 0.6) is 0 Å². The lowest BCUT2D eigenvalue weighted by molar-refractivity contribution is -0.126. The number of piperidine rings is 1. The molecule has 2 heterocycles. The quantitative estimate of drug-likeness (QED) is 0.789. The van der Waals surface area contributed by atoms with E-state index in [0.29, 0.717) is 12.3 Å². The van der Waals surface area contributed by atoms with Crippen LogP contribution in [0.25, 0.3) is 0 Å². The molecule has 1 amide bonds. The number of carbonyl (C=O) groups is 1. The van der Waals surface area contributed by atoms with E-state index in [0.717, 1.165) is 18.6 Å². The van der Waals surface area contributed by atoms with Gasteiger partial charge in [0, 0.05) is 18.6 Å². The van der Waals surface area contributed by atoms with Crippen molar-refractivity contribution in [3.05, 3.63) is 0 Å². The fourth-order valence-corrected chi connectivity index (χ4v) is 3.29. The predicted octanol–water partition coefficient (Wildman–Crippen LogP) is 1.10. The molecule has 4 heteroatoms. The second-order valence-electron chi connectivity index (χ2n) is 6.37. The van der Waals surface area contributed by atoms with E-state index in [1.54, 1.807) is 6.92 Å². The minimum absolute atomic E-state index is 0.00345. The highest BCUT2D eigenvalue weighted by molar-refractivity contribution is 5.85. The monoisotopic (exact) mass is 253 g/mol. The molecule has 2 rings (SSSR count). The lowest BCUT2D eigenvalue weighted by atomic mass is 9.90. The lowest BCUT2D eigenvalue weighted by Crippen LogP contribution is -2.53. The van der Waals surface area contributed by atoms with Crippen molar-refractivity contribution in [1.82, 2.24) is 10.2 Å². The van der Waals surface area contributed by atoms with Crippen molar-refractivity contribution < 1.29 is 4.79 Å². The molecule has 2 fully saturated rings. The summed E-state index contributed by atoms with van der Waals surface area (Å²) < 4.78 is 0. The van der Waals surface area contributed by atoms with E-state index in [-0.39, 0.29) is 5.91 Å². The van der Waals surface area contributed by atoms with Gasteiger partial charge in [-0.05, 0) is 52.0 Å². The fourth-order valence-electron chi connectivity index (χ4n) is 3.29. The summed E-state index contributed by atoms with van der Waals surface area (Å²) in [6.45, 7) is 4.56. The van der Waals surface area contributed by atoms with Crippen LogP contribution < -0.4 is 11.1 Å². The molecule has 104 valence electrons. The molecule has 2 bridgehead atoms. The molecular formula is C14H27N3O. The number of hydrogen-bond acceptors (Lipinski definition) is 3. The lowest BCUT2D eigenvalue weighted by Gasteiger charge is -2.36. The van der Waals surface area contributed by atoms with Crippen LogP contribution >= 0.6 is 0 Å². The van der Waals surface area contributed by atoms with Crippen molar-refractivity contribution >= 4 is 5.91 Å². The summed E-state index contributed by atoms with van der Waals surface area (Å²) in [6, 6.07) is 1.47. The number of nitrogens with zero attached hydrogens (tertiary/aromatic N) is 1. The Morgan fingerprint density at radius 2 is 1.94 bits per heavy atom. The molecule has 2 aliphatic rings. The summed E-state index contributed by atoms with van der Waals surface area (Å²) in [7, 11) is 2.24. The molecule has 4 nitrogen and oxygen atoms in total. The van der Waals surface area contributed by atoms with E-state index in [1.165, 1.54) is 25.7 Å². The average molecular weight is 253 g/mol. The Hall–Kier alpha value is -0.610. The minimum atomic E-state index is -0.718. The number of carbonyl (C=O) groups excluding carboxylic acids is 1. The molecule has 0 spiro atoms. The first kappa shape index (κ1) is 13.8. The topological polar surface area (TPSA) is 58.4 Å². The van der Waals surface area contributed by atoms with Gasteiger partial charge in [0.2, 0.25) is 5.91 Å². The summed E-state index contributed by atoms with van der Waals surface area (Å²) >= 11 is 0. The molecule has 3 N–H and O–H groups in total. The van der Waals surface area contributed by atoms with E-state index in [1.807, 2.05) is 6.92 Å². The van der Waals surface area contributed by atoms with Gasteiger partial charge in [0.25, 0.3) is 0 Å². The normalized spacial score (nSPS) is 35.2. The van der Waals surface area contributed by atoms with Gasteiger partial charge >= 0.3 is 0 Å². The van der Waals surface area contributed by atoms with Crippen LogP contribution in [0.2, 0.25) is 0 Å². The van der Waals surface area contributed by atoms with Crippen molar-refractivity contribution in [2.75, 3.05) is 13.6 Å². The number of fused-ring (bicyclic) bond motifs is 2. The maximum absolute atomic E-state index is 11.9. The van der Waals surface area contributed by atoms with Crippen LogP contribution in [0.4, 0.5) is 0 Å². The van der Waals surface area contributed by atoms with Crippen molar-refractivity contribution in [3.63, 3.8) is 0 Å². The zero-order valence-electron chi connectivity index (χ0n) is 11.9. The van der Waals surface area contributed by atoms with Crippen LogP contribution in [0.1, 0.15) is 46.0 Å². The van der Waals surface area contributed by atoms with E-state index < -0.39 is 5.54 Å². The summed E-state index contributed by atoms with van der Waals surface area (Å²) in [5, 5.41) is 3.04. The van der Waals surface area contributed by atoms with Crippen molar-refractivity contribution in [1.29, 1.82) is 0 Å². The van der Waals surface area contributed by atoms with Gasteiger partial charge in [0.05, 0.1) is 5.54 Å². The van der Waals surface area contributed by atoms with E-state index >= 15 is 0 Å².